The normalized spacial score (nSPS) is 10.3. The van der Waals surface area contributed by atoms with E-state index in [2.05, 4.69) is 10.5 Å². The van der Waals surface area contributed by atoms with Crippen LogP contribution in [-0.2, 0) is 6.54 Å². The first kappa shape index (κ1) is 13.9. The second-order valence-electron chi connectivity index (χ2n) is 4.78. The van der Waals surface area contributed by atoms with Crippen molar-refractivity contribution in [2.24, 2.45) is 0 Å². The Morgan fingerprint density at radius 1 is 1.40 bits per heavy atom. The number of hydrogen-bond acceptors (Lipinski definition) is 5. The Balaban J connectivity index is 2.04. The van der Waals surface area contributed by atoms with Gasteiger partial charge in [0.15, 0.2) is 0 Å². The molecule has 1 amide bonds. The summed E-state index contributed by atoms with van der Waals surface area (Å²) in [6, 6.07) is 7.02. The smallest absolute Gasteiger partial charge is 0.251 e. The molecule has 0 aliphatic rings. The number of amides is 1. The van der Waals surface area contributed by atoms with Gasteiger partial charge in [0.05, 0.1) is 17.9 Å². The summed E-state index contributed by atoms with van der Waals surface area (Å²) in [6.45, 7) is 2.13. The molecule has 0 aliphatic heterocycles. The maximum Gasteiger partial charge on any atom is 0.251 e. The average Bonchev–Trinajstić information content (AvgIpc) is 2.81. The second-order valence-corrected chi connectivity index (χ2v) is 4.78. The van der Waals surface area contributed by atoms with E-state index in [1.54, 1.807) is 25.1 Å². The first-order valence-electron chi connectivity index (χ1n) is 6.24. The van der Waals surface area contributed by atoms with Crippen LogP contribution in [-0.4, -0.2) is 25.2 Å². The number of nitrogens with two attached hydrogens (primary N) is 1. The quantitative estimate of drug-likeness (QED) is 0.827. The van der Waals surface area contributed by atoms with Crippen molar-refractivity contribution in [1.29, 1.82) is 0 Å². The van der Waals surface area contributed by atoms with E-state index in [0.717, 1.165) is 5.69 Å². The number of nitrogens with zero attached hydrogens (tertiary/aromatic N) is 2. The van der Waals surface area contributed by atoms with E-state index in [1.807, 2.05) is 25.1 Å². The monoisotopic (exact) mass is 274 g/mol. The summed E-state index contributed by atoms with van der Waals surface area (Å²) in [5.41, 5.74) is 8.58. The third-order valence-corrected chi connectivity index (χ3v) is 2.88. The molecule has 0 radical (unpaired) electrons. The van der Waals surface area contributed by atoms with Crippen molar-refractivity contribution in [3.8, 4) is 0 Å². The van der Waals surface area contributed by atoms with Gasteiger partial charge in [-0.25, -0.2) is 0 Å². The molecule has 20 heavy (non-hydrogen) atoms. The molecule has 2 rings (SSSR count). The first-order valence-corrected chi connectivity index (χ1v) is 6.24. The molecule has 0 spiro atoms. The summed E-state index contributed by atoms with van der Waals surface area (Å²) in [7, 11) is 3.80. The molecule has 0 fully saturated rings. The number of carbonyl (C=O) groups is 1. The van der Waals surface area contributed by atoms with E-state index in [-0.39, 0.29) is 5.91 Å². The standard InChI is InChI=1S/C14H18N4O2/c1-9-6-11(17-20-9)8-16-14(19)10-4-5-13(18(2)3)12(15)7-10/h4-7H,8,15H2,1-3H3,(H,16,19). The number of anilines is 2. The Morgan fingerprint density at radius 3 is 2.70 bits per heavy atom. The molecule has 1 heterocycles. The van der Waals surface area contributed by atoms with Crippen molar-refractivity contribution in [2.45, 2.75) is 13.5 Å². The van der Waals surface area contributed by atoms with Crippen LogP contribution < -0.4 is 16.0 Å². The molecular formula is C14H18N4O2. The molecule has 6 nitrogen and oxygen atoms in total. The molecule has 0 saturated heterocycles. The van der Waals surface area contributed by atoms with Gasteiger partial charge in [0.2, 0.25) is 0 Å². The summed E-state index contributed by atoms with van der Waals surface area (Å²) in [5.74, 6) is 0.525. The van der Waals surface area contributed by atoms with E-state index >= 15 is 0 Å². The molecule has 1 aromatic carbocycles. The van der Waals surface area contributed by atoms with Gasteiger partial charge in [0.1, 0.15) is 11.5 Å². The van der Waals surface area contributed by atoms with E-state index in [4.69, 9.17) is 10.3 Å². The van der Waals surface area contributed by atoms with Crippen molar-refractivity contribution in [3.05, 3.63) is 41.3 Å². The van der Waals surface area contributed by atoms with Gasteiger partial charge in [-0.05, 0) is 25.1 Å². The van der Waals surface area contributed by atoms with Crippen LogP contribution in [0.4, 0.5) is 11.4 Å². The van der Waals surface area contributed by atoms with Crippen molar-refractivity contribution in [2.75, 3.05) is 24.7 Å². The number of carbonyl (C=O) groups excluding carboxylic acids is 1. The maximum atomic E-state index is 12.0. The summed E-state index contributed by atoms with van der Waals surface area (Å²) < 4.78 is 4.94. The topological polar surface area (TPSA) is 84.4 Å². The van der Waals surface area contributed by atoms with Crippen LogP contribution in [0.5, 0.6) is 0 Å². The molecule has 0 unspecified atom stereocenters. The first-order chi connectivity index (χ1) is 9.47. The zero-order chi connectivity index (χ0) is 14.7. The molecule has 0 aliphatic carbocycles. The third-order valence-electron chi connectivity index (χ3n) is 2.88. The molecule has 0 atom stereocenters. The fourth-order valence-electron chi connectivity index (χ4n) is 1.88. The Hall–Kier alpha value is -2.50. The lowest BCUT2D eigenvalue weighted by Gasteiger charge is -2.15. The highest BCUT2D eigenvalue weighted by atomic mass is 16.5. The fourth-order valence-corrected chi connectivity index (χ4v) is 1.88. The number of benzene rings is 1. The Kier molecular flexibility index (Phi) is 3.93. The van der Waals surface area contributed by atoms with E-state index in [1.165, 1.54) is 0 Å². The Morgan fingerprint density at radius 2 is 2.15 bits per heavy atom. The lowest BCUT2D eigenvalue weighted by atomic mass is 10.1. The predicted molar refractivity (Wildman–Crippen MR) is 77.6 cm³/mol. The molecule has 106 valence electrons. The number of aryl methyl sites for hydroxylation is 1. The lowest BCUT2D eigenvalue weighted by Crippen LogP contribution is -2.23. The minimum Gasteiger partial charge on any atom is -0.397 e. The summed E-state index contributed by atoms with van der Waals surface area (Å²) in [4.78, 5) is 13.9. The molecule has 3 N–H and O–H groups in total. The van der Waals surface area contributed by atoms with E-state index < -0.39 is 0 Å². The summed E-state index contributed by atoms with van der Waals surface area (Å²) in [5, 5.41) is 6.59. The van der Waals surface area contributed by atoms with E-state index in [9.17, 15) is 4.79 Å². The number of hydrogen-bond donors (Lipinski definition) is 2. The second kappa shape index (κ2) is 5.64. The number of nitrogen functional groups attached to an aromatic ring is 1. The van der Waals surface area contributed by atoms with Gasteiger partial charge in [0.25, 0.3) is 5.91 Å². The number of nitrogens with one attached hydrogen (secondary N) is 1. The van der Waals surface area contributed by atoms with Crippen LogP contribution in [0.2, 0.25) is 0 Å². The maximum absolute atomic E-state index is 12.0. The van der Waals surface area contributed by atoms with Gasteiger partial charge in [-0.15, -0.1) is 0 Å². The third kappa shape index (κ3) is 3.09. The predicted octanol–water partition coefficient (Wildman–Crippen LogP) is 1.56. The van der Waals surface area contributed by atoms with Gasteiger partial charge in [-0.1, -0.05) is 5.16 Å². The lowest BCUT2D eigenvalue weighted by molar-refractivity contribution is 0.0950. The summed E-state index contributed by atoms with van der Waals surface area (Å²) in [6.07, 6.45) is 0. The van der Waals surface area contributed by atoms with Gasteiger partial charge < -0.3 is 20.5 Å². The van der Waals surface area contributed by atoms with Gasteiger partial charge in [-0.3, -0.25) is 4.79 Å². The highest BCUT2D eigenvalue weighted by Crippen LogP contribution is 2.22. The van der Waals surface area contributed by atoms with Crippen molar-refractivity contribution in [1.82, 2.24) is 10.5 Å². The summed E-state index contributed by atoms with van der Waals surface area (Å²) >= 11 is 0. The van der Waals surface area contributed by atoms with Crippen LogP contribution in [0.1, 0.15) is 21.8 Å². The van der Waals surface area contributed by atoms with Gasteiger partial charge in [0, 0.05) is 25.7 Å². The molecule has 6 heteroatoms. The number of aromatic nitrogens is 1. The van der Waals surface area contributed by atoms with Crippen molar-refractivity contribution in [3.63, 3.8) is 0 Å². The van der Waals surface area contributed by atoms with Crippen LogP contribution in [0, 0.1) is 6.92 Å². The van der Waals surface area contributed by atoms with Gasteiger partial charge in [-0.2, -0.15) is 0 Å². The highest BCUT2D eigenvalue weighted by molar-refractivity contribution is 5.96. The highest BCUT2D eigenvalue weighted by Gasteiger charge is 2.10. The van der Waals surface area contributed by atoms with Crippen LogP contribution in [0.15, 0.2) is 28.8 Å². The minimum absolute atomic E-state index is 0.192. The van der Waals surface area contributed by atoms with E-state index in [0.29, 0.717) is 29.2 Å². The SMILES string of the molecule is Cc1cc(CNC(=O)c2ccc(N(C)C)c(N)c2)no1. The Bertz CT molecular complexity index is 619. The molecule has 0 saturated carbocycles. The minimum atomic E-state index is -0.192. The molecule has 0 bridgehead atoms. The Labute approximate surface area is 117 Å². The largest absolute Gasteiger partial charge is 0.397 e. The zero-order valence-corrected chi connectivity index (χ0v) is 11.8. The molecular weight excluding hydrogens is 256 g/mol. The van der Waals surface area contributed by atoms with Crippen LogP contribution in [0.3, 0.4) is 0 Å². The number of rotatable bonds is 4. The van der Waals surface area contributed by atoms with Crippen molar-refractivity contribution >= 4 is 17.3 Å². The molecule has 1 aromatic heterocycles. The van der Waals surface area contributed by atoms with Gasteiger partial charge >= 0.3 is 0 Å². The average molecular weight is 274 g/mol. The van der Waals surface area contributed by atoms with Crippen LogP contribution >= 0.6 is 0 Å². The van der Waals surface area contributed by atoms with Crippen LogP contribution in [0.25, 0.3) is 0 Å². The molecule has 2 aromatic rings. The zero-order valence-electron chi connectivity index (χ0n) is 11.8. The van der Waals surface area contributed by atoms with Crippen molar-refractivity contribution < 1.29 is 9.32 Å². The fraction of sp³-hybridized carbons (Fsp3) is 0.286.